The third kappa shape index (κ3) is 3.96. The van der Waals surface area contributed by atoms with E-state index >= 15 is 0 Å². The zero-order valence-corrected chi connectivity index (χ0v) is 13.5. The third-order valence-corrected chi connectivity index (χ3v) is 4.70. The molecule has 3 unspecified atom stereocenters. The smallest absolute Gasteiger partial charge is 0.133 e. The van der Waals surface area contributed by atoms with Gasteiger partial charge < -0.3 is 4.74 Å². The topological polar surface area (TPSA) is 45.0 Å². The van der Waals surface area contributed by atoms with Crippen molar-refractivity contribution in [2.75, 3.05) is 6.61 Å². The number of nitriles is 1. The number of rotatable bonds is 6. The standard InChI is InChI=1S/C17H30N2O/c1-12(2)19-17(10-18,15-5-6-15)11-20-16-8-13(3)7-14(4)9-16/h12-16,19H,5-9,11H2,1-4H3. The number of nitrogens with zero attached hydrogens (tertiary/aromatic N) is 1. The van der Waals surface area contributed by atoms with E-state index in [0.29, 0.717) is 24.7 Å². The molecule has 0 saturated heterocycles. The fourth-order valence-corrected chi connectivity index (χ4v) is 3.78. The first kappa shape index (κ1) is 15.8. The molecule has 1 N–H and O–H groups in total. The van der Waals surface area contributed by atoms with Crippen molar-refractivity contribution in [2.24, 2.45) is 17.8 Å². The van der Waals surface area contributed by atoms with Crippen molar-refractivity contribution < 1.29 is 4.74 Å². The molecular weight excluding hydrogens is 248 g/mol. The Morgan fingerprint density at radius 1 is 1.20 bits per heavy atom. The van der Waals surface area contributed by atoms with Crippen molar-refractivity contribution in [1.29, 1.82) is 5.26 Å². The summed E-state index contributed by atoms with van der Waals surface area (Å²) >= 11 is 0. The molecule has 0 heterocycles. The van der Waals surface area contributed by atoms with Crippen LogP contribution in [0.25, 0.3) is 0 Å². The van der Waals surface area contributed by atoms with Crippen molar-refractivity contribution in [3.8, 4) is 6.07 Å². The first-order chi connectivity index (χ1) is 9.45. The molecule has 0 aromatic carbocycles. The van der Waals surface area contributed by atoms with E-state index in [1.54, 1.807) is 0 Å². The van der Waals surface area contributed by atoms with E-state index in [1.165, 1.54) is 6.42 Å². The minimum absolute atomic E-state index is 0.322. The quantitative estimate of drug-likeness (QED) is 0.809. The summed E-state index contributed by atoms with van der Waals surface area (Å²) in [6, 6.07) is 2.86. The lowest BCUT2D eigenvalue weighted by Crippen LogP contribution is -2.53. The van der Waals surface area contributed by atoms with Crippen LogP contribution in [0.1, 0.15) is 59.8 Å². The Bertz CT molecular complexity index is 348. The SMILES string of the molecule is CC1CC(C)CC(OCC(C#N)(NC(C)C)C2CC2)C1. The monoisotopic (exact) mass is 278 g/mol. The van der Waals surface area contributed by atoms with Gasteiger partial charge in [-0.1, -0.05) is 13.8 Å². The first-order valence-electron chi connectivity index (χ1n) is 8.25. The van der Waals surface area contributed by atoms with Gasteiger partial charge in [-0.25, -0.2) is 0 Å². The van der Waals surface area contributed by atoms with Gasteiger partial charge in [0.05, 0.1) is 18.8 Å². The van der Waals surface area contributed by atoms with Crippen molar-refractivity contribution in [1.82, 2.24) is 5.32 Å². The van der Waals surface area contributed by atoms with Gasteiger partial charge in [0.1, 0.15) is 5.54 Å². The van der Waals surface area contributed by atoms with Gasteiger partial charge in [0, 0.05) is 6.04 Å². The van der Waals surface area contributed by atoms with Crippen LogP contribution in [0, 0.1) is 29.1 Å². The van der Waals surface area contributed by atoms with Gasteiger partial charge in [0.25, 0.3) is 0 Å². The highest BCUT2D eigenvalue weighted by Gasteiger charge is 2.46. The Morgan fingerprint density at radius 2 is 1.80 bits per heavy atom. The summed E-state index contributed by atoms with van der Waals surface area (Å²) in [5.74, 6) is 1.98. The van der Waals surface area contributed by atoms with E-state index in [-0.39, 0.29) is 0 Å². The van der Waals surface area contributed by atoms with Crippen molar-refractivity contribution >= 4 is 0 Å². The van der Waals surface area contributed by atoms with Crippen molar-refractivity contribution in [2.45, 2.75) is 77.5 Å². The molecule has 20 heavy (non-hydrogen) atoms. The van der Waals surface area contributed by atoms with Gasteiger partial charge in [0.2, 0.25) is 0 Å². The van der Waals surface area contributed by atoms with E-state index in [2.05, 4.69) is 39.1 Å². The van der Waals surface area contributed by atoms with E-state index < -0.39 is 5.54 Å². The maximum atomic E-state index is 9.68. The molecule has 0 aliphatic heterocycles. The molecule has 0 amide bonds. The minimum atomic E-state index is -0.460. The predicted octanol–water partition coefficient (Wildman–Crippen LogP) is 3.50. The van der Waals surface area contributed by atoms with Gasteiger partial charge in [-0.3, -0.25) is 5.32 Å². The molecule has 2 aliphatic rings. The summed E-state index contributed by atoms with van der Waals surface area (Å²) in [5, 5.41) is 13.2. The van der Waals surface area contributed by atoms with Crippen LogP contribution in [0.5, 0.6) is 0 Å². The van der Waals surface area contributed by atoms with E-state index in [0.717, 1.165) is 37.5 Å². The van der Waals surface area contributed by atoms with Crippen LogP contribution >= 0.6 is 0 Å². The lowest BCUT2D eigenvalue weighted by Gasteiger charge is -2.35. The molecule has 2 rings (SSSR count). The Morgan fingerprint density at radius 3 is 2.25 bits per heavy atom. The second-order valence-corrected chi connectivity index (χ2v) is 7.51. The van der Waals surface area contributed by atoms with Gasteiger partial charge in [0.15, 0.2) is 0 Å². The Labute approximate surface area is 124 Å². The van der Waals surface area contributed by atoms with Gasteiger partial charge in [-0.2, -0.15) is 5.26 Å². The Kier molecular flexibility index (Phi) is 5.09. The molecule has 0 aromatic rings. The highest BCUT2D eigenvalue weighted by atomic mass is 16.5. The molecule has 0 aromatic heterocycles. The zero-order chi connectivity index (χ0) is 14.8. The lowest BCUT2D eigenvalue weighted by atomic mass is 9.81. The third-order valence-electron chi connectivity index (χ3n) is 4.70. The van der Waals surface area contributed by atoms with Crippen LogP contribution in [-0.4, -0.2) is 24.3 Å². The lowest BCUT2D eigenvalue weighted by molar-refractivity contribution is -0.0242. The maximum absolute atomic E-state index is 9.68. The van der Waals surface area contributed by atoms with Crippen molar-refractivity contribution in [3.05, 3.63) is 0 Å². The summed E-state index contributed by atoms with van der Waals surface area (Å²) in [5.41, 5.74) is -0.460. The molecule has 2 saturated carbocycles. The van der Waals surface area contributed by atoms with Crippen LogP contribution in [0.15, 0.2) is 0 Å². The Balaban J connectivity index is 1.93. The van der Waals surface area contributed by atoms with Gasteiger partial charge in [-0.05, 0) is 63.7 Å². The molecule has 3 heteroatoms. The van der Waals surface area contributed by atoms with Crippen LogP contribution in [0.2, 0.25) is 0 Å². The number of nitrogens with one attached hydrogen (secondary N) is 1. The summed E-state index contributed by atoms with van der Waals surface area (Å²) in [6.07, 6.45) is 6.28. The summed E-state index contributed by atoms with van der Waals surface area (Å²) in [7, 11) is 0. The summed E-state index contributed by atoms with van der Waals surface area (Å²) in [6.45, 7) is 9.41. The summed E-state index contributed by atoms with van der Waals surface area (Å²) < 4.78 is 6.20. The average molecular weight is 278 g/mol. The Hall–Kier alpha value is -0.590. The van der Waals surface area contributed by atoms with Gasteiger partial charge in [-0.15, -0.1) is 0 Å². The second kappa shape index (κ2) is 6.45. The predicted molar refractivity (Wildman–Crippen MR) is 81.3 cm³/mol. The van der Waals surface area contributed by atoms with E-state index in [9.17, 15) is 5.26 Å². The fraction of sp³-hybridized carbons (Fsp3) is 0.941. The molecular formula is C17H30N2O. The molecule has 0 spiro atoms. The van der Waals surface area contributed by atoms with E-state index in [1.807, 2.05) is 0 Å². The fourth-order valence-electron chi connectivity index (χ4n) is 3.78. The summed E-state index contributed by atoms with van der Waals surface area (Å²) in [4.78, 5) is 0. The van der Waals surface area contributed by atoms with Gasteiger partial charge >= 0.3 is 0 Å². The minimum Gasteiger partial charge on any atom is -0.375 e. The number of ether oxygens (including phenoxy) is 1. The zero-order valence-electron chi connectivity index (χ0n) is 13.5. The molecule has 3 nitrogen and oxygen atoms in total. The maximum Gasteiger partial charge on any atom is 0.133 e. The highest BCUT2D eigenvalue weighted by molar-refractivity contribution is 5.16. The molecule has 0 bridgehead atoms. The molecule has 2 aliphatic carbocycles. The van der Waals surface area contributed by atoms with Crippen LogP contribution in [0.3, 0.4) is 0 Å². The van der Waals surface area contributed by atoms with E-state index in [4.69, 9.17) is 4.74 Å². The van der Waals surface area contributed by atoms with Crippen LogP contribution in [0.4, 0.5) is 0 Å². The largest absolute Gasteiger partial charge is 0.375 e. The highest BCUT2D eigenvalue weighted by Crippen LogP contribution is 2.41. The number of hydrogen-bond acceptors (Lipinski definition) is 3. The first-order valence-corrected chi connectivity index (χ1v) is 8.25. The van der Waals surface area contributed by atoms with Crippen LogP contribution in [-0.2, 0) is 4.74 Å². The van der Waals surface area contributed by atoms with Crippen molar-refractivity contribution in [3.63, 3.8) is 0 Å². The number of hydrogen-bond donors (Lipinski definition) is 1. The molecule has 0 radical (unpaired) electrons. The second-order valence-electron chi connectivity index (χ2n) is 7.51. The average Bonchev–Trinajstić information content (AvgIpc) is 3.17. The molecule has 2 fully saturated rings. The molecule has 114 valence electrons. The normalized spacial score (nSPS) is 33.7. The molecule has 3 atom stereocenters. The van der Waals surface area contributed by atoms with Crippen LogP contribution < -0.4 is 5.32 Å².